The molecule has 0 aliphatic carbocycles. The minimum absolute atomic E-state index is 0.0674. The van der Waals surface area contributed by atoms with E-state index < -0.39 is 5.97 Å². The maximum Gasteiger partial charge on any atom is 0.341 e. The van der Waals surface area contributed by atoms with Crippen molar-refractivity contribution in [3.63, 3.8) is 0 Å². The van der Waals surface area contributed by atoms with Crippen LogP contribution < -0.4 is 0 Å². The average molecular weight is 250 g/mol. The van der Waals surface area contributed by atoms with Crippen molar-refractivity contribution in [3.05, 3.63) is 39.6 Å². The van der Waals surface area contributed by atoms with E-state index >= 15 is 0 Å². The number of hydrogen-bond donors (Lipinski definition) is 0. The standard InChI is InChI=1S/C13H14O3S/c1-9(7-11-5-4-6-17-11)8-12(10(2)14)13(15)16-3/h4-8H,1-3H3/b9-7-,12-8+. The zero-order valence-corrected chi connectivity index (χ0v) is 10.8. The van der Waals surface area contributed by atoms with Gasteiger partial charge in [0.05, 0.1) is 7.11 Å². The molecule has 0 aliphatic heterocycles. The van der Waals surface area contributed by atoms with Gasteiger partial charge in [0.2, 0.25) is 0 Å². The highest BCUT2D eigenvalue weighted by Gasteiger charge is 2.14. The first-order chi connectivity index (χ1) is 8.04. The Morgan fingerprint density at radius 3 is 2.53 bits per heavy atom. The smallest absolute Gasteiger partial charge is 0.341 e. The van der Waals surface area contributed by atoms with E-state index in [1.54, 1.807) is 17.4 Å². The average Bonchev–Trinajstić information content (AvgIpc) is 2.77. The van der Waals surface area contributed by atoms with Gasteiger partial charge in [0.25, 0.3) is 0 Å². The van der Waals surface area contributed by atoms with Crippen LogP contribution in [0.15, 0.2) is 34.7 Å². The predicted molar refractivity (Wildman–Crippen MR) is 68.8 cm³/mol. The van der Waals surface area contributed by atoms with E-state index in [-0.39, 0.29) is 11.4 Å². The summed E-state index contributed by atoms with van der Waals surface area (Å²) in [7, 11) is 1.26. The number of hydrogen-bond acceptors (Lipinski definition) is 4. The Morgan fingerprint density at radius 1 is 1.35 bits per heavy atom. The third kappa shape index (κ3) is 4.00. The molecule has 1 aromatic heterocycles. The topological polar surface area (TPSA) is 43.4 Å². The lowest BCUT2D eigenvalue weighted by molar-refractivity contribution is -0.137. The molecule has 1 rings (SSSR count). The molecular formula is C13H14O3S. The Bertz CT molecular complexity index is 467. The van der Waals surface area contributed by atoms with Crippen LogP contribution in [0.5, 0.6) is 0 Å². The summed E-state index contributed by atoms with van der Waals surface area (Å²) in [5, 5.41) is 1.97. The van der Waals surface area contributed by atoms with E-state index in [0.717, 1.165) is 10.5 Å². The highest BCUT2D eigenvalue weighted by Crippen LogP contribution is 2.15. The van der Waals surface area contributed by atoms with Crippen LogP contribution in [0.1, 0.15) is 18.7 Å². The number of thiophene rings is 1. The first-order valence-electron chi connectivity index (χ1n) is 5.07. The van der Waals surface area contributed by atoms with E-state index in [1.807, 2.05) is 30.5 Å². The van der Waals surface area contributed by atoms with Gasteiger partial charge in [-0.3, -0.25) is 4.79 Å². The van der Waals surface area contributed by atoms with Crippen LogP contribution in [0.25, 0.3) is 6.08 Å². The second-order valence-corrected chi connectivity index (χ2v) is 4.49. The zero-order chi connectivity index (χ0) is 12.8. The lowest BCUT2D eigenvalue weighted by Gasteiger charge is -2.01. The van der Waals surface area contributed by atoms with E-state index in [2.05, 4.69) is 4.74 Å². The van der Waals surface area contributed by atoms with Crippen molar-refractivity contribution >= 4 is 29.2 Å². The van der Waals surface area contributed by atoms with Gasteiger partial charge in [0.1, 0.15) is 5.57 Å². The molecule has 0 radical (unpaired) electrons. The number of ketones is 1. The van der Waals surface area contributed by atoms with Gasteiger partial charge in [-0.05, 0) is 43.0 Å². The van der Waals surface area contributed by atoms with Crippen LogP contribution in [-0.2, 0) is 14.3 Å². The molecule has 0 bridgehead atoms. The molecule has 4 heteroatoms. The van der Waals surface area contributed by atoms with Crippen molar-refractivity contribution < 1.29 is 14.3 Å². The molecule has 0 aliphatic rings. The van der Waals surface area contributed by atoms with Gasteiger partial charge in [-0.2, -0.15) is 0 Å². The minimum atomic E-state index is -0.601. The van der Waals surface area contributed by atoms with Crippen LogP contribution in [0, 0.1) is 0 Å². The van der Waals surface area contributed by atoms with Crippen LogP contribution in [0.4, 0.5) is 0 Å². The first-order valence-corrected chi connectivity index (χ1v) is 5.95. The fourth-order valence-electron chi connectivity index (χ4n) is 1.28. The number of carbonyl (C=O) groups excluding carboxylic acids is 2. The van der Waals surface area contributed by atoms with Gasteiger partial charge in [-0.25, -0.2) is 4.79 Å². The Balaban J connectivity index is 2.98. The molecule has 1 heterocycles. The summed E-state index contributed by atoms with van der Waals surface area (Å²) in [5.41, 5.74) is 0.904. The molecule has 90 valence electrons. The number of Topliss-reactive ketones (excluding diaryl/α,β-unsaturated/α-hetero) is 1. The molecule has 0 aromatic carbocycles. The molecule has 0 N–H and O–H groups in total. The molecule has 0 saturated heterocycles. The van der Waals surface area contributed by atoms with E-state index in [9.17, 15) is 9.59 Å². The lowest BCUT2D eigenvalue weighted by Crippen LogP contribution is -2.11. The maximum absolute atomic E-state index is 11.4. The first kappa shape index (κ1) is 13.4. The summed E-state index contributed by atoms with van der Waals surface area (Å²) in [6.45, 7) is 3.19. The zero-order valence-electron chi connectivity index (χ0n) is 10.0. The Labute approximate surface area is 104 Å². The van der Waals surface area contributed by atoms with Crippen LogP contribution >= 0.6 is 11.3 Å². The number of carbonyl (C=O) groups is 2. The SMILES string of the molecule is COC(=O)/C(=C/C(C)=C\c1cccs1)C(C)=O. The van der Waals surface area contributed by atoms with E-state index in [4.69, 9.17) is 0 Å². The third-order valence-corrected chi connectivity index (χ3v) is 2.89. The number of methoxy groups -OCH3 is 1. The Hall–Kier alpha value is -1.68. The summed E-state index contributed by atoms with van der Waals surface area (Å²) >= 11 is 1.59. The molecule has 0 fully saturated rings. The predicted octanol–water partition coefficient (Wildman–Crippen LogP) is 2.84. The van der Waals surface area contributed by atoms with Crippen molar-refractivity contribution in [3.8, 4) is 0 Å². The van der Waals surface area contributed by atoms with Gasteiger partial charge in [-0.15, -0.1) is 11.3 Å². The van der Waals surface area contributed by atoms with Crippen LogP contribution in [0.2, 0.25) is 0 Å². The lowest BCUT2D eigenvalue weighted by atomic mass is 10.1. The molecule has 0 atom stereocenters. The molecule has 17 heavy (non-hydrogen) atoms. The molecule has 0 spiro atoms. The number of ether oxygens (including phenoxy) is 1. The number of esters is 1. The second kappa shape index (κ2) is 6.15. The molecule has 0 amide bonds. The van der Waals surface area contributed by atoms with E-state index in [0.29, 0.717) is 0 Å². The Kier molecular flexibility index (Phi) is 4.84. The monoisotopic (exact) mass is 250 g/mol. The van der Waals surface area contributed by atoms with Crippen LogP contribution in [0.3, 0.4) is 0 Å². The molecule has 1 aromatic rings. The van der Waals surface area contributed by atoms with Crippen molar-refractivity contribution in [2.24, 2.45) is 0 Å². The van der Waals surface area contributed by atoms with Gasteiger partial charge >= 0.3 is 5.97 Å². The van der Waals surface area contributed by atoms with Gasteiger partial charge in [-0.1, -0.05) is 6.07 Å². The molecule has 0 unspecified atom stereocenters. The molecule has 3 nitrogen and oxygen atoms in total. The highest BCUT2D eigenvalue weighted by atomic mass is 32.1. The fourth-order valence-corrected chi connectivity index (χ4v) is 2.01. The van der Waals surface area contributed by atoms with Crippen molar-refractivity contribution in [2.75, 3.05) is 7.11 Å². The summed E-state index contributed by atoms with van der Waals surface area (Å²) in [5.74, 6) is -0.896. The maximum atomic E-state index is 11.4. The Morgan fingerprint density at radius 2 is 2.06 bits per heavy atom. The van der Waals surface area contributed by atoms with Crippen LogP contribution in [-0.4, -0.2) is 18.9 Å². The number of rotatable bonds is 4. The normalized spacial score (nSPS) is 12.4. The van der Waals surface area contributed by atoms with Gasteiger partial charge < -0.3 is 4.74 Å². The van der Waals surface area contributed by atoms with Crippen molar-refractivity contribution in [1.29, 1.82) is 0 Å². The van der Waals surface area contributed by atoms with Crippen molar-refractivity contribution in [1.82, 2.24) is 0 Å². The summed E-state index contributed by atoms with van der Waals surface area (Å²) in [6, 6.07) is 3.91. The minimum Gasteiger partial charge on any atom is -0.465 e. The fraction of sp³-hybridized carbons (Fsp3) is 0.231. The summed E-state index contributed by atoms with van der Waals surface area (Å²) < 4.78 is 4.56. The quantitative estimate of drug-likeness (QED) is 0.271. The summed E-state index contributed by atoms with van der Waals surface area (Å²) in [4.78, 5) is 23.7. The largest absolute Gasteiger partial charge is 0.465 e. The number of allylic oxidation sites excluding steroid dienone is 2. The highest BCUT2D eigenvalue weighted by molar-refractivity contribution is 7.10. The van der Waals surface area contributed by atoms with Gasteiger partial charge in [0, 0.05) is 4.88 Å². The third-order valence-electron chi connectivity index (χ3n) is 2.07. The molecular weight excluding hydrogens is 236 g/mol. The van der Waals surface area contributed by atoms with Gasteiger partial charge in [0.15, 0.2) is 5.78 Å². The van der Waals surface area contributed by atoms with E-state index in [1.165, 1.54) is 14.0 Å². The van der Waals surface area contributed by atoms with Crippen molar-refractivity contribution in [2.45, 2.75) is 13.8 Å². The summed E-state index contributed by atoms with van der Waals surface area (Å²) in [6.07, 6.45) is 3.46. The molecule has 0 saturated carbocycles. The second-order valence-electron chi connectivity index (χ2n) is 3.51.